The summed E-state index contributed by atoms with van der Waals surface area (Å²) >= 11 is 6.02. The van der Waals surface area contributed by atoms with Crippen molar-refractivity contribution in [2.45, 2.75) is 19.8 Å². The first-order valence-corrected chi connectivity index (χ1v) is 12.0. The minimum atomic E-state index is -0.993. The summed E-state index contributed by atoms with van der Waals surface area (Å²) in [7, 11) is 0. The third-order valence-corrected chi connectivity index (χ3v) is 5.95. The highest BCUT2D eigenvalue weighted by Gasteiger charge is 2.17. The van der Waals surface area contributed by atoms with E-state index in [1.54, 1.807) is 18.3 Å². The van der Waals surface area contributed by atoms with Crippen LogP contribution in [0.5, 0.6) is 5.75 Å². The van der Waals surface area contributed by atoms with E-state index >= 15 is 4.39 Å². The Balaban J connectivity index is 1.66. The number of carboxylic acids is 1. The van der Waals surface area contributed by atoms with Crippen LogP contribution in [0.1, 0.15) is 36.5 Å². The molecule has 0 fully saturated rings. The smallest absolute Gasteiger partial charge is 0.329 e. The molecule has 0 aliphatic heterocycles. The summed E-state index contributed by atoms with van der Waals surface area (Å²) < 4.78 is 25.8. The molecule has 8 heteroatoms. The highest BCUT2D eigenvalue weighted by molar-refractivity contribution is 6.30. The van der Waals surface area contributed by atoms with Gasteiger partial charge >= 0.3 is 5.97 Å². The molecule has 0 aliphatic carbocycles. The van der Waals surface area contributed by atoms with Gasteiger partial charge in [0.1, 0.15) is 18.2 Å². The molecule has 0 spiro atoms. The average molecular weight is 509 g/mol. The summed E-state index contributed by atoms with van der Waals surface area (Å²) in [6.45, 7) is 2.39. The van der Waals surface area contributed by atoms with Crippen molar-refractivity contribution >= 4 is 39.6 Å². The van der Waals surface area contributed by atoms with Crippen molar-refractivity contribution in [2.75, 3.05) is 19.8 Å². The number of H-pyrrole nitrogens is 1. The lowest BCUT2D eigenvalue weighted by molar-refractivity contribution is -0.142. The Morgan fingerprint density at radius 1 is 1.06 bits per heavy atom. The van der Waals surface area contributed by atoms with Crippen molar-refractivity contribution in [3.8, 4) is 5.75 Å². The fourth-order valence-electron chi connectivity index (χ4n) is 4.08. The predicted molar refractivity (Wildman–Crippen MR) is 139 cm³/mol. The molecule has 0 atom stereocenters. The molecule has 0 aliphatic rings. The number of nitrogens with zero attached hydrogens (tertiary/aromatic N) is 1. The third kappa shape index (κ3) is 6.11. The lowest BCUT2D eigenvalue weighted by Crippen LogP contribution is -2.09. The topological polar surface area (TPSA) is 84.4 Å². The van der Waals surface area contributed by atoms with Gasteiger partial charge in [0.05, 0.1) is 24.9 Å². The lowest BCUT2D eigenvalue weighted by atomic mass is 9.87. The van der Waals surface area contributed by atoms with E-state index in [1.807, 2.05) is 49.4 Å². The zero-order valence-corrected chi connectivity index (χ0v) is 20.5. The first-order chi connectivity index (χ1) is 17.5. The van der Waals surface area contributed by atoms with Crippen LogP contribution in [-0.2, 0) is 9.53 Å². The zero-order valence-electron chi connectivity index (χ0n) is 19.8. The molecular formula is C28H26ClFN2O4. The van der Waals surface area contributed by atoms with E-state index in [4.69, 9.17) is 26.2 Å². The quantitative estimate of drug-likeness (QED) is 0.176. The van der Waals surface area contributed by atoms with Gasteiger partial charge in [-0.2, -0.15) is 5.10 Å². The van der Waals surface area contributed by atoms with Crippen molar-refractivity contribution in [3.63, 3.8) is 0 Å². The van der Waals surface area contributed by atoms with E-state index in [1.165, 1.54) is 6.07 Å². The van der Waals surface area contributed by atoms with Crippen LogP contribution in [-0.4, -0.2) is 41.1 Å². The maximum absolute atomic E-state index is 15.0. The molecule has 186 valence electrons. The highest BCUT2D eigenvalue weighted by atomic mass is 35.5. The minimum Gasteiger partial charge on any atom is -0.494 e. The Hall–Kier alpha value is -3.68. The zero-order chi connectivity index (χ0) is 25.5. The number of halogens is 2. The number of rotatable bonds is 11. The van der Waals surface area contributed by atoms with Crippen molar-refractivity contribution < 1.29 is 23.8 Å². The van der Waals surface area contributed by atoms with Crippen LogP contribution in [0.4, 0.5) is 4.39 Å². The largest absolute Gasteiger partial charge is 0.494 e. The molecule has 0 saturated carbocycles. The van der Waals surface area contributed by atoms with Crippen LogP contribution in [0.3, 0.4) is 0 Å². The van der Waals surface area contributed by atoms with E-state index in [-0.39, 0.29) is 12.4 Å². The van der Waals surface area contributed by atoms with Crippen molar-refractivity contribution in [3.05, 3.63) is 94.4 Å². The average Bonchev–Trinajstić information content (AvgIpc) is 3.33. The molecule has 6 nitrogen and oxygen atoms in total. The van der Waals surface area contributed by atoms with Gasteiger partial charge in [0.2, 0.25) is 0 Å². The predicted octanol–water partition coefficient (Wildman–Crippen LogP) is 6.59. The lowest BCUT2D eigenvalue weighted by Gasteiger charge is -2.17. The Morgan fingerprint density at radius 2 is 1.83 bits per heavy atom. The molecule has 0 amide bonds. The number of nitrogens with one attached hydrogen (secondary N) is 1. The maximum Gasteiger partial charge on any atom is 0.329 e. The van der Waals surface area contributed by atoms with Gasteiger partial charge in [0.15, 0.2) is 0 Å². The van der Waals surface area contributed by atoms with Crippen LogP contribution in [0, 0.1) is 5.82 Å². The van der Waals surface area contributed by atoms with Crippen LogP contribution in [0.25, 0.3) is 22.0 Å². The van der Waals surface area contributed by atoms with E-state index in [0.717, 1.165) is 33.2 Å². The molecule has 0 unspecified atom stereocenters. The first-order valence-electron chi connectivity index (χ1n) is 11.6. The molecule has 0 saturated heterocycles. The molecule has 1 heterocycles. The molecule has 0 radical (unpaired) electrons. The molecule has 1 aromatic heterocycles. The summed E-state index contributed by atoms with van der Waals surface area (Å²) in [5.74, 6) is -0.684. The third-order valence-electron chi connectivity index (χ3n) is 5.71. The van der Waals surface area contributed by atoms with Gasteiger partial charge in [-0.05, 0) is 65.1 Å². The summed E-state index contributed by atoms with van der Waals surface area (Å²) in [5, 5.41) is 17.0. The molecule has 4 rings (SSSR count). The summed E-state index contributed by atoms with van der Waals surface area (Å²) in [4.78, 5) is 10.5. The number of fused-ring (bicyclic) bond motifs is 1. The normalized spacial score (nSPS) is 12.0. The second-order valence-electron chi connectivity index (χ2n) is 8.18. The number of aliphatic carboxylic acids is 1. The fraction of sp³-hybridized carbons (Fsp3) is 0.214. The number of carbonyl (C=O) groups is 1. The standard InChI is InChI=1S/C28H26ClFN2O4/c1-2-23(24-10-7-21(29)15-25(24)30)28(19-6-11-26-20(14-19)16-31-32-26)18-4-8-22(9-5-18)36-13-3-12-35-17-27(33)34/h4-11,14-16H,2-3,12-13,17H2,1H3,(H,31,32)(H,33,34)/b28-23+. The van der Waals surface area contributed by atoms with E-state index in [9.17, 15) is 4.79 Å². The number of carboxylic acid groups (broad SMARTS) is 1. The minimum absolute atomic E-state index is 0.306. The van der Waals surface area contributed by atoms with E-state index in [2.05, 4.69) is 10.2 Å². The van der Waals surface area contributed by atoms with Gasteiger partial charge < -0.3 is 14.6 Å². The Kier molecular flexibility index (Phi) is 8.36. The Morgan fingerprint density at radius 3 is 2.56 bits per heavy atom. The molecule has 36 heavy (non-hydrogen) atoms. The van der Waals surface area contributed by atoms with Gasteiger partial charge in [-0.3, -0.25) is 5.10 Å². The van der Waals surface area contributed by atoms with Gasteiger partial charge in [-0.15, -0.1) is 0 Å². The van der Waals surface area contributed by atoms with Crippen LogP contribution < -0.4 is 4.74 Å². The van der Waals surface area contributed by atoms with Gasteiger partial charge in [-0.25, -0.2) is 9.18 Å². The Labute approximate surface area is 213 Å². The fourth-order valence-corrected chi connectivity index (χ4v) is 4.24. The SMILES string of the molecule is CC/C(=C(/c1ccc(OCCCOCC(=O)O)cc1)c1ccc2[nH]ncc2c1)c1ccc(Cl)cc1F. The number of benzene rings is 3. The summed E-state index contributed by atoms with van der Waals surface area (Å²) in [6, 6.07) is 18.4. The van der Waals surface area contributed by atoms with Crippen molar-refractivity contribution in [1.29, 1.82) is 0 Å². The monoisotopic (exact) mass is 508 g/mol. The van der Waals surface area contributed by atoms with Gasteiger partial charge in [0.25, 0.3) is 0 Å². The molecule has 3 aromatic carbocycles. The number of ether oxygens (including phenoxy) is 2. The highest BCUT2D eigenvalue weighted by Crippen LogP contribution is 2.37. The molecule has 2 N–H and O–H groups in total. The Bertz CT molecular complexity index is 1380. The van der Waals surface area contributed by atoms with Gasteiger partial charge in [0, 0.05) is 22.4 Å². The van der Waals surface area contributed by atoms with Crippen molar-refractivity contribution in [1.82, 2.24) is 10.2 Å². The number of aromatic nitrogens is 2. The van der Waals surface area contributed by atoms with E-state index < -0.39 is 5.97 Å². The number of hydrogen-bond acceptors (Lipinski definition) is 4. The maximum atomic E-state index is 15.0. The van der Waals surface area contributed by atoms with Crippen LogP contribution >= 0.6 is 11.6 Å². The van der Waals surface area contributed by atoms with Crippen LogP contribution in [0.2, 0.25) is 5.02 Å². The van der Waals surface area contributed by atoms with Gasteiger partial charge in [-0.1, -0.05) is 42.8 Å². The number of hydrogen-bond donors (Lipinski definition) is 2. The molecular weight excluding hydrogens is 483 g/mol. The summed E-state index contributed by atoms with van der Waals surface area (Å²) in [5.41, 5.74) is 5.06. The van der Waals surface area contributed by atoms with E-state index in [0.29, 0.717) is 42.4 Å². The first kappa shape index (κ1) is 25.4. The second kappa shape index (κ2) is 11.8. The number of aromatic amines is 1. The molecule has 0 bridgehead atoms. The summed E-state index contributed by atoms with van der Waals surface area (Å²) in [6.07, 6.45) is 2.94. The second-order valence-corrected chi connectivity index (χ2v) is 8.61. The number of allylic oxidation sites excluding steroid dienone is 1. The van der Waals surface area contributed by atoms with Crippen molar-refractivity contribution in [2.24, 2.45) is 0 Å². The molecule has 4 aromatic rings. The van der Waals surface area contributed by atoms with Crippen LogP contribution in [0.15, 0.2) is 66.9 Å².